The fourth-order valence-corrected chi connectivity index (χ4v) is 3.72. The Balaban J connectivity index is 1.79. The number of hydrogen-bond acceptors (Lipinski definition) is 7. The van der Waals surface area contributed by atoms with Crippen molar-refractivity contribution in [3.63, 3.8) is 0 Å². The zero-order chi connectivity index (χ0) is 24.0. The molecule has 7 nitrogen and oxygen atoms in total. The van der Waals surface area contributed by atoms with Crippen molar-refractivity contribution in [2.45, 2.75) is 32.4 Å². The third kappa shape index (κ3) is 5.85. The fraction of sp³-hybridized carbons (Fsp3) is 0.292. The van der Waals surface area contributed by atoms with Crippen molar-refractivity contribution in [1.82, 2.24) is 9.97 Å². The summed E-state index contributed by atoms with van der Waals surface area (Å²) in [5.41, 5.74) is 14.5. The lowest BCUT2D eigenvalue weighted by atomic mass is 9.77. The van der Waals surface area contributed by atoms with Gasteiger partial charge in [-0.05, 0) is 41.5 Å². The number of nitriles is 1. The van der Waals surface area contributed by atoms with Crippen molar-refractivity contribution in [2.24, 2.45) is 5.73 Å². The zero-order valence-corrected chi connectivity index (χ0v) is 20.0. The lowest BCUT2D eigenvalue weighted by Crippen LogP contribution is -2.19. The van der Waals surface area contributed by atoms with Gasteiger partial charge in [0, 0.05) is 12.0 Å². The molecular formula is C24H25Cl2N5O2. The molecule has 9 heteroatoms. The van der Waals surface area contributed by atoms with Gasteiger partial charge in [0.05, 0.1) is 27.9 Å². The van der Waals surface area contributed by atoms with Crippen LogP contribution in [0.1, 0.15) is 41.9 Å². The minimum atomic E-state index is -0.421. The van der Waals surface area contributed by atoms with Crippen molar-refractivity contribution in [3.05, 3.63) is 75.6 Å². The van der Waals surface area contributed by atoms with Crippen LogP contribution < -0.4 is 20.9 Å². The minimum absolute atomic E-state index is 0.170. The molecule has 3 aromatic rings. The summed E-state index contributed by atoms with van der Waals surface area (Å²) < 4.78 is 11.4. The predicted octanol–water partition coefficient (Wildman–Crippen LogP) is 4.57. The van der Waals surface area contributed by atoms with Crippen LogP contribution >= 0.6 is 23.2 Å². The van der Waals surface area contributed by atoms with E-state index in [4.69, 9.17) is 44.1 Å². The molecule has 0 radical (unpaired) electrons. The third-order valence-corrected chi connectivity index (χ3v) is 5.67. The Morgan fingerprint density at radius 2 is 1.73 bits per heavy atom. The number of rotatable bonds is 9. The van der Waals surface area contributed by atoms with Crippen molar-refractivity contribution in [2.75, 3.05) is 18.2 Å². The maximum atomic E-state index is 9.58. The van der Waals surface area contributed by atoms with Crippen LogP contribution in [0.25, 0.3) is 0 Å². The molecule has 3 rings (SSSR count). The van der Waals surface area contributed by atoms with Crippen molar-refractivity contribution in [3.8, 4) is 17.6 Å². The van der Waals surface area contributed by atoms with Crippen molar-refractivity contribution in [1.29, 1.82) is 5.26 Å². The van der Waals surface area contributed by atoms with Crippen molar-refractivity contribution < 1.29 is 9.47 Å². The maximum absolute atomic E-state index is 9.58. The summed E-state index contributed by atoms with van der Waals surface area (Å²) in [6, 6.07) is 15.3. The first-order valence-electron chi connectivity index (χ1n) is 10.3. The Morgan fingerprint density at radius 1 is 1.03 bits per heavy atom. The standard InChI is InChI=1S/C24H25Cl2N5O2/c1-24(2,17-9-15(12-27)22(21(26)10-17)32-8-7-25)16-3-5-20(6-4-16)33-14-19-11-18(13-28)30-23(29)31-19/h3-6,9-11H,7-8,13-14,28H2,1-2H3,(H2,29,30,31). The third-order valence-electron chi connectivity index (χ3n) is 5.23. The molecule has 172 valence electrons. The zero-order valence-electron chi connectivity index (χ0n) is 18.4. The normalized spacial score (nSPS) is 11.2. The van der Waals surface area contributed by atoms with E-state index in [0.29, 0.717) is 39.4 Å². The molecule has 33 heavy (non-hydrogen) atoms. The first-order valence-corrected chi connectivity index (χ1v) is 11.2. The Hall–Kier alpha value is -3.05. The summed E-state index contributed by atoms with van der Waals surface area (Å²) in [5, 5.41) is 9.96. The Labute approximate surface area is 203 Å². The molecule has 2 aromatic carbocycles. The molecule has 4 N–H and O–H groups in total. The molecule has 0 aliphatic rings. The van der Waals surface area contributed by atoms with Gasteiger partial charge in [-0.3, -0.25) is 0 Å². The number of aromatic nitrogens is 2. The Morgan fingerprint density at radius 3 is 2.36 bits per heavy atom. The number of nitrogens with zero attached hydrogens (tertiary/aromatic N) is 3. The predicted molar refractivity (Wildman–Crippen MR) is 130 cm³/mol. The van der Waals surface area contributed by atoms with Crippen LogP contribution in [0.15, 0.2) is 42.5 Å². The molecule has 1 heterocycles. The van der Waals surface area contributed by atoms with Crippen LogP contribution in [-0.2, 0) is 18.6 Å². The van der Waals surface area contributed by atoms with E-state index < -0.39 is 5.41 Å². The highest BCUT2D eigenvalue weighted by atomic mass is 35.5. The highest BCUT2D eigenvalue weighted by Gasteiger charge is 2.26. The average Bonchev–Trinajstić information content (AvgIpc) is 2.81. The van der Waals surface area contributed by atoms with E-state index in [1.807, 2.05) is 30.3 Å². The summed E-state index contributed by atoms with van der Waals surface area (Å²) in [5.74, 6) is 1.51. The van der Waals surface area contributed by atoms with E-state index in [9.17, 15) is 5.26 Å². The van der Waals surface area contributed by atoms with Gasteiger partial charge in [-0.2, -0.15) is 5.26 Å². The molecule has 0 spiro atoms. The van der Waals surface area contributed by atoms with E-state index in [0.717, 1.165) is 11.1 Å². The highest BCUT2D eigenvalue weighted by Crippen LogP contribution is 2.38. The Kier molecular flexibility index (Phi) is 7.98. The number of halogens is 2. The lowest BCUT2D eigenvalue weighted by Gasteiger charge is -2.27. The SMILES string of the molecule is CC(C)(c1ccc(OCc2cc(CN)nc(N)n2)cc1)c1cc(Cl)c(OCCCl)c(C#N)c1. The second-order valence-electron chi connectivity index (χ2n) is 7.83. The summed E-state index contributed by atoms with van der Waals surface area (Å²) in [4.78, 5) is 8.23. The molecule has 0 amide bonds. The number of anilines is 1. The first-order chi connectivity index (χ1) is 15.8. The number of alkyl halides is 1. The summed E-state index contributed by atoms with van der Waals surface area (Å²) in [6.07, 6.45) is 0. The number of ether oxygens (including phenoxy) is 2. The molecule has 1 aromatic heterocycles. The minimum Gasteiger partial charge on any atom is -0.489 e. The maximum Gasteiger partial charge on any atom is 0.220 e. The molecule has 0 aliphatic heterocycles. The largest absolute Gasteiger partial charge is 0.489 e. The molecule has 0 aliphatic carbocycles. The molecule has 0 atom stereocenters. The van der Waals surface area contributed by atoms with E-state index in [-0.39, 0.29) is 25.7 Å². The van der Waals surface area contributed by atoms with Gasteiger partial charge in [-0.15, -0.1) is 11.6 Å². The van der Waals surface area contributed by atoms with E-state index in [1.165, 1.54) is 0 Å². The summed E-state index contributed by atoms with van der Waals surface area (Å²) >= 11 is 12.1. The van der Waals surface area contributed by atoms with Crippen LogP contribution in [0.3, 0.4) is 0 Å². The molecular weight excluding hydrogens is 461 g/mol. The van der Waals surface area contributed by atoms with Gasteiger partial charge in [0.1, 0.15) is 25.0 Å². The summed E-state index contributed by atoms with van der Waals surface area (Å²) in [7, 11) is 0. The molecule has 0 unspecified atom stereocenters. The second kappa shape index (κ2) is 10.7. The number of nitrogens with two attached hydrogens (primary N) is 2. The summed E-state index contributed by atoms with van der Waals surface area (Å²) in [6.45, 7) is 4.92. The van der Waals surface area contributed by atoms with Gasteiger partial charge >= 0.3 is 0 Å². The number of nitrogen functional groups attached to an aromatic ring is 1. The quantitative estimate of drug-likeness (QED) is 0.425. The van der Waals surface area contributed by atoms with E-state index in [2.05, 4.69) is 29.9 Å². The van der Waals surface area contributed by atoms with Gasteiger partial charge < -0.3 is 20.9 Å². The average molecular weight is 486 g/mol. The molecule has 0 fully saturated rings. The highest BCUT2D eigenvalue weighted by molar-refractivity contribution is 6.32. The molecule has 0 saturated heterocycles. The van der Waals surface area contributed by atoms with Crippen molar-refractivity contribution >= 4 is 29.2 Å². The molecule has 0 bridgehead atoms. The van der Waals surface area contributed by atoms with Crippen LogP contribution in [0.4, 0.5) is 5.95 Å². The number of benzene rings is 2. The van der Waals surface area contributed by atoms with Gasteiger partial charge in [-0.1, -0.05) is 37.6 Å². The molecule has 0 saturated carbocycles. The van der Waals surface area contributed by atoms with Crippen LogP contribution in [-0.4, -0.2) is 22.5 Å². The van der Waals surface area contributed by atoms with Crippen LogP contribution in [0.5, 0.6) is 11.5 Å². The monoisotopic (exact) mass is 485 g/mol. The van der Waals surface area contributed by atoms with Gasteiger partial charge in [-0.25, -0.2) is 9.97 Å². The van der Waals surface area contributed by atoms with Gasteiger partial charge in [0.25, 0.3) is 0 Å². The van der Waals surface area contributed by atoms with Gasteiger partial charge in [0.15, 0.2) is 5.75 Å². The Bertz CT molecular complexity index is 1160. The van der Waals surface area contributed by atoms with Gasteiger partial charge in [0.2, 0.25) is 5.95 Å². The topological polar surface area (TPSA) is 120 Å². The first kappa shape index (κ1) is 24.6. The number of hydrogen-bond donors (Lipinski definition) is 2. The van der Waals surface area contributed by atoms with Crippen LogP contribution in [0.2, 0.25) is 5.02 Å². The smallest absolute Gasteiger partial charge is 0.220 e. The van der Waals surface area contributed by atoms with E-state index in [1.54, 1.807) is 12.1 Å². The lowest BCUT2D eigenvalue weighted by molar-refractivity contribution is 0.301. The van der Waals surface area contributed by atoms with Crippen LogP contribution in [0, 0.1) is 11.3 Å². The second-order valence-corrected chi connectivity index (χ2v) is 8.62. The fourth-order valence-electron chi connectivity index (χ4n) is 3.37. The van der Waals surface area contributed by atoms with E-state index >= 15 is 0 Å².